The van der Waals surface area contributed by atoms with Crippen molar-refractivity contribution in [3.8, 4) is 0 Å². The van der Waals surface area contributed by atoms with Gasteiger partial charge in [0.15, 0.2) is 0 Å². The number of carbonyl (C=O) groups excluding carboxylic acids is 1. The molecule has 1 saturated carbocycles. The van der Waals surface area contributed by atoms with Crippen LogP contribution in [-0.2, 0) is 4.74 Å². The summed E-state index contributed by atoms with van der Waals surface area (Å²) in [7, 11) is 0. The standard InChI is InChI=1S/C17H20N2O3/c1-13(14-5-3-2-4-6-14)19-12-18-9-15(19)16(21)22-11-17(10-20)7-8-17/h2-6,9,12-13,20H,7-8,10-11H2,1H3/t13-/m1/s1. The molecule has 0 aliphatic heterocycles. The molecular weight excluding hydrogens is 280 g/mol. The van der Waals surface area contributed by atoms with Gasteiger partial charge in [-0.1, -0.05) is 30.3 Å². The second-order valence-corrected chi connectivity index (χ2v) is 6.01. The third-order valence-corrected chi connectivity index (χ3v) is 4.38. The lowest BCUT2D eigenvalue weighted by atomic mass is 10.1. The smallest absolute Gasteiger partial charge is 0.356 e. The molecule has 0 amide bonds. The van der Waals surface area contributed by atoms with Gasteiger partial charge in [-0.15, -0.1) is 0 Å². The Kier molecular flexibility index (Phi) is 3.98. The molecule has 1 aliphatic carbocycles. The quantitative estimate of drug-likeness (QED) is 0.832. The van der Waals surface area contributed by atoms with Gasteiger partial charge in [0.2, 0.25) is 0 Å². The van der Waals surface area contributed by atoms with Crippen molar-refractivity contribution in [3.63, 3.8) is 0 Å². The number of ether oxygens (including phenoxy) is 1. The summed E-state index contributed by atoms with van der Waals surface area (Å²) < 4.78 is 7.19. The number of benzene rings is 1. The molecule has 1 aliphatic rings. The Morgan fingerprint density at radius 1 is 1.41 bits per heavy atom. The van der Waals surface area contributed by atoms with Gasteiger partial charge < -0.3 is 14.4 Å². The van der Waals surface area contributed by atoms with E-state index in [4.69, 9.17) is 4.74 Å². The number of nitrogens with zero attached hydrogens (tertiary/aromatic N) is 2. The van der Waals surface area contributed by atoms with Gasteiger partial charge in [0.05, 0.1) is 31.8 Å². The molecule has 116 valence electrons. The highest BCUT2D eigenvalue weighted by Crippen LogP contribution is 2.45. The van der Waals surface area contributed by atoms with E-state index in [1.54, 1.807) is 6.33 Å². The molecule has 0 spiro atoms. The number of aliphatic hydroxyl groups is 1. The molecular formula is C17H20N2O3. The fraction of sp³-hybridized carbons (Fsp3) is 0.412. The number of hydrogen-bond acceptors (Lipinski definition) is 4. The van der Waals surface area contributed by atoms with E-state index in [0.29, 0.717) is 5.69 Å². The van der Waals surface area contributed by atoms with Crippen LogP contribution in [0.4, 0.5) is 0 Å². The third-order valence-electron chi connectivity index (χ3n) is 4.38. The first kappa shape index (κ1) is 14.8. The number of hydrogen-bond donors (Lipinski definition) is 1. The summed E-state index contributed by atoms with van der Waals surface area (Å²) >= 11 is 0. The van der Waals surface area contributed by atoms with Crippen LogP contribution in [0.1, 0.15) is 41.9 Å². The third kappa shape index (κ3) is 2.90. The fourth-order valence-corrected chi connectivity index (χ4v) is 2.48. The van der Waals surface area contributed by atoms with Crippen LogP contribution in [0.15, 0.2) is 42.9 Å². The molecule has 5 nitrogen and oxygen atoms in total. The molecule has 0 bridgehead atoms. The second-order valence-electron chi connectivity index (χ2n) is 6.01. The zero-order valence-electron chi connectivity index (χ0n) is 12.6. The summed E-state index contributed by atoms with van der Waals surface area (Å²) in [5, 5.41) is 9.28. The monoisotopic (exact) mass is 300 g/mol. The molecule has 1 atom stereocenters. The zero-order chi connectivity index (χ0) is 15.6. The highest BCUT2D eigenvalue weighted by atomic mass is 16.5. The van der Waals surface area contributed by atoms with Crippen LogP contribution < -0.4 is 0 Å². The Bertz CT molecular complexity index is 647. The average Bonchev–Trinajstić information content (AvgIpc) is 3.19. The fourth-order valence-electron chi connectivity index (χ4n) is 2.48. The summed E-state index contributed by atoms with van der Waals surface area (Å²) in [5.41, 5.74) is 1.33. The predicted molar refractivity (Wildman–Crippen MR) is 81.5 cm³/mol. The SMILES string of the molecule is C[C@H](c1ccccc1)n1cncc1C(=O)OCC1(CO)CC1. The van der Waals surface area contributed by atoms with Gasteiger partial charge in [-0.2, -0.15) is 0 Å². The van der Waals surface area contributed by atoms with Crippen molar-refractivity contribution in [1.82, 2.24) is 9.55 Å². The number of carbonyl (C=O) groups is 1. The minimum absolute atomic E-state index is 0.000947. The van der Waals surface area contributed by atoms with E-state index >= 15 is 0 Å². The maximum Gasteiger partial charge on any atom is 0.356 e. The molecule has 2 aromatic rings. The highest BCUT2D eigenvalue weighted by molar-refractivity contribution is 5.87. The van der Waals surface area contributed by atoms with E-state index in [0.717, 1.165) is 18.4 Å². The topological polar surface area (TPSA) is 64.4 Å². The minimum atomic E-state index is -0.389. The Morgan fingerprint density at radius 2 is 2.14 bits per heavy atom. The van der Waals surface area contributed by atoms with E-state index in [9.17, 15) is 9.90 Å². The van der Waals surface area contributed by atoms with Crippen LogP contribution in [0, 0.1) is 5.41 Å². The van der Waals surface area contributed by atoms with Crippen molar-refractivity contribution in [1.29, 1.82) is 0 Å². The van der Waals surface area contributed by atoms with Gasteiger partial charge in [-0.3, -0.25) is 0 Å². The van der Waals surface area contributed by atoms with Crippen LogP contribution in [-0.4, -0.2) is 33.8 Å². The predicted octanol–water partition coefficient (Wildman–Crippen LogP) is 2.42. The number of imidazole rings is 1. The molecule has 1 heterocycles. The normalized spacial score (nSPS) is 17.0. The van der Waals surface area contributed by atoms with Gasteiger partial charge in [0, 0.05) is 5.41 Å². The van der Waals surface area contributed by atoms with Gasteiger partial charge >= 0.3 is 5.97 Å². The average molecular weight is 300 g/mol. The lowest BCUT2D eigenvalue weighted by Gasteiger charge is -2.17. The van der Waals surface area contributed by atoms with Crippen LogP contribution in [0.25, 0.3) is 0 Å². The molecule has 1 fully saturated rings. The molecule has 22 heavy (non-hydrogen) atoms. The summed E-state index contributed by atoms with van der Waals surface area (Å²) in [6.45, 7) is 2.36. The number of rotatable bonds is 6. The van der Waals surface area contributed by atoms with Crippen molar-refractivity contribution < 1.29 is 14.6 Å². The summed E-state index contributed by atoms with van der Waals surface area (Å²) in [5.74, 6) is -0.389. The molecule has 5 heteroatoms. The van der Waals surface area contributed by atoms with Gasteiger partial charge in [-0.25, -0.2) is 9.78 Å². The lowest BCUT2D eigenvalue weighted by Crippen LogP contribution is -2.21. The van der Waals surface area contributed by atoms with Gasteiger partial charge in [0.25, 0.3) is 0 Å². The minimum Gasteiger partial charge on any atom is -0.460 e. The van der Waals surface area contributed by atoms with E-state index in [1.165, 1.54) is 6.20 Å². The Balaban J connectivity index is 1.73. The first-order chi connectivity index (χ1) is 10.7. The van der Waals surface area contributed by atoms with Crippen LogP contribution in [0.2, 0.25) is 0 Å². The molecule has 0 unspecified atom stereocenters. The molecule has 0 radical (unpaired) electrons. The Labute approximate surface area is 129 Å². The summed E-state index contributed by atoms with van der Waals surface area (Å²) in [4.78, 5) is 16.4. The molecule has 1 N–H and O–H groups in total. The van der Waals surface area contributed by atoms with E-state index in [-0.39, 0.29) is 30.6 Å². The van der Waals surface area contributed by atoms with Gasteiger partial charge in [0.1, 0.15) is 5.69 Å². The summed E-state index contributed by atoms with van der Waals surface area (Å²) in [6, 6.07) is 9.94. The Hall–Kier alpha value is -2.14. The van der Waals surface area contributed by atoms with Crippen molar-refractivity contribution in [2.45, 2.75) is 25.8 Å². The first-order valence-electron chi connectivity index (χ1n) is 7.50. The highest BCUT2D eigenvalue weighted by Gasteiger charge is 2.43. The zero-order valence-corrected chi connectivity index (χ0v) is 12.6. The molecule has 1 aromatic heterocycles. The number of aromatic nitrogens is 2. The van der Waals surface area contributed by atoms with Crippen LogP contribution in [0.5, 0.6) is 0 Å². The second kappa shape index (κ2) is 5.93. The van der Waals surface area contributed by atoms with E-state index < -0.39 is 0 Å². The van der Waals surface area contributed by atoms with Crippen LogP contribution in [0.3, 0.4) is 0 Å². The number of esters is 1. The van der Waals surface area contributed by atoms with Gasteiger partial charge in [-0.05, 0) is 25.3 Å². The van der Waals surface area contributed by atoms with E-state index in [1.807, 2.05) is 41.8 Å². The van der Waals surface area contributed by atoms with Crippen molar-refractivity contribution >= 4 is 5.97 Å². The van der Waals surface area contributed by atoms with E-state index in [2.05, 4.69) is 4.98 Å². The largest absolute Gasteiger partial charge is 0.460 e. The summed E-state index contributed by atoms with van der Waals surface area (Å²) in [6.07, 6.45) is 5.00. The molecule has 1 aromatic carbocycles. The van der Waals surface area contributed by atoms with Crippen LogP contribution >= 0.6 is 0 Å². The molecule has 3 rings (SSSR count). The maximum absolute atomic E-state index is 12.3. The van der Waals surface area contributed by atoms with Crippen molar-refractivity contribution in [3.05, 3.63) is 54.1 Å². The Morgan fingerprint density at radius 3 is 2.77 bits per heavy atom. The maximum atomic E-state index is 12.3. The molecule has 0 saturated heterocycles. The number of aliphatic hydroxyl groups excluding tert-OH is 1. The van der Waals surface area contributed by atoms with Crippen molar-refractivity contribution in [2.24, 2.45) is 5.41 Å². The first-order valence-corrected chi connectivity index (χ1v) is 7.50. The lowest BCUT2D eigenvalue weighted by molar-refractivity contribution is 0.0337. The van der Waals surface area contributed by atoms with Crippen molar-refractivity contribution in [2.75, 3.05) is 13.2 Å².